The van der Waals surface area contributed by atoms with Gasteiger partial charge in [0, 0.05) is 18.0 Å². The first kappa shape index (κ1) is 10.6. The highest BCUT2D eigenvalue weighted by Crippen LogP contribution is 2.31. The van der Waals surface area contributed by atoms with E-state index in [9.17, 15) is 4.79 Å². The number of ether oxygens (including phenoxy) is 1. The molecule has 15 heavy (non-hydrogen) atoms. The van der Waals surface area contributed by atoms with Gasteiger partial charge in [0.2, 0.25) is 0 Å². The molecule has 0 aliphatic carbocycles. The van der Waals surface area contributed by atoms with Gasteiger partial charge in [-0.2, -0.15) is 5.26 Å². The lowest BCUT2D eigenvalue weighted by atomic mass is 9.82. The first-order chi connectivity index (χ1) is 7.22. The van der Waals surface area contributed by atoms with Gasteiger partial charge in [-0.1, -0.05) is 0 Å². The van der Waals surface area contributed by atoms with Crippen molar-refractivity contribution in [1.29, 1.82) is 5.26 Å². The highest BCUT2D eigenvalue weighted by atomic mass is 16.5. The minimum absolute atomic E-state index is 0.0642. The second-order valence-corrected chi connectivity index (χ2v) is 4.48. The molecule has 0 spiro atoms. The Morgan fingerprint density at radius 1 is 1.47 bits per heavy atom. The zero-order valence-electron chi connectivity index (χ0n) is 8.98. The zero-order valence-corrected chi connectivity index (χ0v) is 8.98. The molecule has 0 saturated carbocycles. The lowest BCUT2D eigenvalue weighted by Gasteiger charge is -2.46. The van der Waals surface area contributed by atoms with Gasteiger partial charge in [-0.15, -0.1) is 0 Å². The molecule has 2 atom stereocenters. The lowest BCUT2D eigenvalue weighted by molar-refractivity contribution is -0.130. The highest BCUT2D eigenvalue weighted by molar-refractivity contribution is 5.83. The Kier molecular flexibility index (Phi) is 3.03. The molecular weight excluding hydrogens is 192 g/mol. The quantitative estimate of drug-likeness (QED) is 0.666. The number of Topliss-reactive ketones (excluding diaryl/α,β-unsaturated/α-hetero) is 1. The van der Waals surface area contributed by atoms with Crippen molar-refractivity contribution in [3.63, 3.8) is 0 Å². The van der Waals surface area contributed by atoms with Gasteiger partial charge in [0.25, 0.3) is 0 Å². The second-order valence-electron chi connectivity index (χ2n) is 4.48. The summed E-state index contributed by atoms with van der Waals surface area (Å²) >= 11 is 0. The molecule has 0 N–H and O–H groups in total. The Bertz CT molecular complexity index is 283. The average molecular weight is 208 g/mol. The van der Waals surface area contributed by atoms with Crippen LogP contribution in [0.25, 0.3) is 0 Å². The first-order valence-corrected chi connectivity index (χ1v) is 5.41. The van der Waals surface area contributed by atoms with Gasteiger partial charge in [0.1, 0.15) is 5.78 Å². The van der Waals surface area contributed by atoms with E-state index in [1.54, 1.807) is 0 Å². The second kappa shape index (κ2) is 4.30. The van der Waals surface area contributed by atoms with Crippen LogP contribution >= 0.6 is 0 Å². The SMILES string of the molecule is CN1C2COCC1CC(C(=O)CC#N)C2. The predicted octanol–water partition coefficient (Wildman–Crippen LogP) is 0.578. The van der Waals surface area contributed by atoms with E-state index in [4.69, 9.17) is 10.00 Å². The van der Waals surface area contributed by atoms with E-state index < -0.39 is 0 Å². The first-order valence-electron chi connectivity index (χ1n) is 5.41. The summed E-state index contributed by atoms with van der Waals surface area (Å²) in [5.74, 6) is 0.197. The van der Waals surface area contributed by atoms with Crippen LogP contribution in [0.3, 0.4) is 0 Å². The van der Waals surface area contributed by atoms with Gasteiger partial charge in [-0.25, -0.2) is 0 Å². The van der Waals surface area contributed by atoms with Crippen LogP contribution in [0.2, 0.25) is 0 Å². The average Bonchev–Trinajstić information content (AvgIpc) is 2.17. The predicted molar refractivity (Wildman–Crippen MR) is 54.1 cm³/mol. The zero-order chi connectivity index (χ0) is 10.8. The monoisotopic (exact) mass is 208 g/mol. The van der Waals surface area contributed by atoms with Gasteiger partial charge < -0.3 is 4.74 Å². The number of morpholine rings is 1. The fraction of sp³-hybridized carbons (Fsp3) is 0.818. The Balaban J connectivity index is 2.01. The lowest BCUT2D eigenvalue weighted by Crippen LogP contribution is -2.55. The number of likely N-dealkylation sites (N-methyl/N-ethyl adjacent to an activating group) is 1. The van der Waals surface area contributed by atoms with Gasteiger partial charge in [0.05, 0.1) is 25.7 Å². The molecule has 2 heterocycles. The summed E-state index contributed by atoms with van der Waals surface area (Å²) in [4.78, 5) is 14.0. The fourth-order valence-corrected chi connectivity index (χ4v) is 2.58. The third kappa shape index (κ3) is 2.04. The van der Waals surface area contributed by atoms with Crippen molar-refractivity contribution >= 4 is 5.78 Å². The molecule has 2 fully saturated rings. The third-order valence-electron chi connectivity index (χ3n) is 3.59. The molecule has 2 rings (SSSR count). The van der Waals surface area contributed by atoms with Crippen LogP contribution in [0.1, 0.15) is 19.3 Å². The van der Waals surface area contributed by atoms with Crippen LogP contribution in [-0.2, 0) is 9.53 Å². The minimum Gasteiger partial charge on any atom is -0.378 e. The summed E-state index contributed by atoms with van der Waals surface area (Å²) in [7, 11) is 2.10. The Morgan fingerprint density at radius 2 is 2.07 bits per heavy atom. The number of fused-ring (bicyclic) bond motifs is 2. The normalized spacial score (nSPS) is 35.9. The van der Waals surface area contributed by atoms with E-state index in [2.05, 4.69) is 11.9 Å². The summed E-state index contributed by atoms with van der Waals surface area (Å²) in [6.07, 6.45) is 1.77. The molecule has 0 aromatic rings. The van der Waals surface area contributed by atoms with Crippen LogP contribution in [0.4, 0.5) is 0 Å². The summed E-state index contributed by atoms with van der Waals surface area (Å²) in [5, 5.41) is 8.52. The maximum atomic E-state index is 11.7. The van der Waals surface area contributed by atoms with Crippen molar-refractivity contribution in [2.75, 3.05) is 20.3 Å². The molecule has 0 aromatic heterocycles. The van der Waals surface area contributed by atoms with E-state index >= 15 is 0 Å². The number of carbonyl (C=O) groups excluding carboxylic acids is 1. The molecule has 4 heteroatoms. The molecule has 2 unspecified atom stereocenters. The minimum atomic E-state index is 0.0642. The standard InChI is InChI=1S/C11H16N2O2/c1-13-9-4-8(11(14)2-3-12)5-10(13)7-15-6-9/h8-10H,2,4-7H2,1H3. The van der Waals surface area contributed by atoms with E-state index in [0.29, 0.717) is 12.1 Å². The van der Waals surface area contributed by atoms with Crippen LogP contribution in [0, 0.1) is 17.2 Å². The van der Waals surface area contributed by atoms with Crippen LogP contribution < -0.4 is 0 Å². The summed E-state index contributed by atoms with van der Waals surface area (Å²) < 4.78 is 5.48. The maximum Gasteiger partial charge on any atom is 0.150 e. The van der Waals surface area contributed by atoms with Crippen LogP contribution in [0.15, 0.2) is 0 Å². The smallest absolute Gasteiger partial charge is 0.150 e. The van der Waals surface area contributed by atoms with Gasteiger partial charge in [-0.3, -0.25) is 9.69 Å². The Morgan fingerprint density at radius 3 is 2.60 bits per heavy atom. The molecule has 0 radical (unpaired) electrons. The number of ketones is 1. The number of nitrogens with zero attached hydrogens (tertiary/aromatic N) is 2. The molecule has 2 bridgehead atoms. The number of carbonyl (C=O) groups is 1. The molecule has 2 aliphatic heterocycles. The van der Waals surface area contributed by atoms with Crippen LogP contribution in [-0.4, -0.2) is 43.0 Å². The van der Waals surface area contributed by atoms with Crippen molar-refractivity contribution in [1.82, 2.24) is 4.90 Å². The summed E-state index contributed by atoms with van der Waals surface area (Å²) in [5.41, 5.74) is 0. The fourth-order valence-electron chi connectivity index (χ4n) is 2.58. The highest BCUT2D eigenvalue weighted by Gasteiger charge is 2.38. The number of hydrogen-bond acceptors (Lipinski definition) is 4. The molecule has 0 amide bonds. The summed E-state index contributed by atoms with van der Waals surface area (Å²) in [6, 6.07) is 2.68. The van der Waals surface area contributed by atoms with Crippen molar-refractivity contribution in [3.8, 4) is 6.07 Å². The van der Waals surface area contributed by atoms with E-state index in [1.807, 2.05) is 6.07 Å². The maximum absolute atomic E-state index is 11.7. The van der Waals surface area contributed by atoms with E-state index in [-0.39, 0.29) is 18.1 Å². The Labute approximate surface area is 89.8 Å². The molecular formula is C11H16N2O2. The third-order valence-corrected chi connectivity index (χ3v) is 3.59. The van der Waals surface area contributed by atoms with E-state index in [0.717, 1.165) is 26.1 Å². The van der Waals surface area contributed by atoms with Crippen molar-refractivity contribution in [2.24, 2.45) is 5.92 Å². The number of nitriles is 1. The van der Waals surface area contributed by atoms with Gasteiger partial charge >= 0.3 is 0 Å². The number of rotatable bonds is 2. The van der Waals surface area contributed by atoms with E-state index in [1.165, 1.54) is 0 Å². The molecule has 2 saturated heterocycles. The Hall–Kier alpha value is -0.920. The number of piperidine rings is 1. The van der Waals surface area contributed by atoms with Crippen LogP contribution in [0.5, 0.6) is 0 Å². The molecule has 2 aliphatic rings. The number of hydrogen-bond donors (Lipinski definition) is 0. The van der Waals surface area contributed by atoms with Crippen molar-refractivity contribution in [3.05, 3.63) is 0 Å². The van der Waals surface area contributed by atoms with Gasteiger partial charge in [-0.05, 0) is 19.9 Å². The van der Waals surface area contributed by atoms with Gasteiger partial charge in [0.15, 0.2) is 0 Å². The topological polar surface area (TPSA) is 53.3 Å². The molecule has 82 valence electrons. The van der Waals surface area contributed by atoms with Crippen molar-refractivity contribution < 1.29 is 9.53 Å². The largest absolute Gasteiger partial charge is 0.378 e. The molecule has 0 aromatic carbocycles. The molecule has 4 nitrogen and oxygen atoms in total. The summed E-state index contributed by atoms with van der Waals surface area (Å²) in [6.45, 7) is 1.45. The van der Waals surface area contributed by atoms with Crippen molar-refractivity contribution in [2.45, 2.75) is 31.3 Å².